The van der Waals surface area contributed by atoms with Crippen molar-refractivity contribution in [1.29, 1.82) is 0 Å². The summed E-state index contributed by atoms with van der Waals surface area (Å²) in [6.07, 6.45) is -0.435. The molecule has 1 fully saturated rings. The molecule has 0 aromatic heterocycles. The molecule has 2 amide bonds. The molecule has 1 atom stereocenters. The standard InChI is InChI=1S/C17H24N2O3Se2/c1-5-18(16(21)22-12-14-10-8-7-9-11-14)13(3)15(20)19(6-2)17(4)23-24-17/h7-11,13H,5-6,12H2,1-4H3. The Balaban J connectivity index is 1.98. The molecule has 0 bridgehead atoms. The van der Waals surface area contributed by atoms with Crippen LogP contribution >= 0.6 is 0 Å². The maximum absolute atomic E-state index is 12.8. The van der Waals surface area contributed by atoms with Gasteiger partial charge in [-0.2, -0.15) is 0 Å². The summed E-state index contributed by atoms with van der Waals surface area (Å²) in [6, 6.07) is 9.06. The molecule has 1 heterocycles. The van der Waals surface area contributed by atoms with Gasteiger partial charge in [0.1, 0.15) is 0 Å². The van der Waals surface area contributed by atoms with Crippen LogP contribution in [0.15, 0.2) is 30.3 Å². The van der Waals surface area contributed by atoms with Gasteiger partial charge in [0, 0.05) is 0 Å². The Morgan fingerprint density at radius 3 is 2.29 bits per heavy atom. The number of hydrogen-bond acceptors (Lipinski definition) is 3. The fourth-order valence-corrected chi connectivity index (χ4v) is 7.34. The molecule has 0 radical (unpaired) electrons. The van der Waals surface area contributed by atoms with Crippen molar-refractivity contribution in [3.8, 4) is 0 Å². The first kappa shape index (κ1) is 19.3. The van der Waals surface area contributed by atoms with E-state index in [0.717, 1.165) is 5.56 Å². The van der Waals surface area contributed by atoms with Crippen LogP contribution in [0.2, 0.25) is 0 Å². The van der Waals surface area contributed by atoms with Crippen LogP contribution in [0.3, 0.4) is 0 Å². The summed E-state index contributed by atoms with van der Waals surface area (Å²) >= 11 is 1.10. The minimum absolute atomic E-state index is 0.0276. The van der Waals surface area contributed by atoms with Crippen LogP contribution in [0.1, 0.15) is 33.3 Å². The van der Waals surface area contributed by atoms with Gasteiger partial charge < -0.3 is 0 Å². The van der Waals surface area contributed by atoms with Gasteiger partial charge in [0.15, 0.2) is 0 Å². The number of carbonyl (C=O) groups excluding carboxylic acids is 2. The zero-order valence-corrected chi connectivity index (χ0v) is 17.9. The van der Waals surface area contributed by atoms with Crippen LogP contribution < -0.4 is 0 Å². The van der Waals surface area contributed by atoms with E-state index < -0.39 is 12.1 Å². The number of hydrogen-bond donors (Lipinski definition) is 0. The minimum atomic E-state index is -0.498. The molecule has 7 heteroatoms. The predicted octanol–water partition coefficient (Wildman–Crippen LogP) is 1.89. The topological polar surface area (TPSA) is 49.9 Å². The molecule has 1 unspecified atom stereocenters. The van der Waals surface area contributed by atoms with Gasteiger partial charge in [0.25, 0.3) is 0 Å². The number of benzene rings is 1. The molecule has 132 valence electrons. The zero-order chi connectivity index (χ0) is 17.7. The molecule has 0 saturated carbocycles. The summed E-state index contributed by atoms with van der Waals surface area (Å²) in [5, 5.41) is 0. The number of carbonyl (C=O) groups is 2. The van der Waals surface area contributed by atoms with E-state index in [-0.39, 0.29) is 15.8 Å². The van der Waals surface area contributed by atoms with Crippen molar-refractivity contribution in [3.63, 3.8) is 0 Å². The zero-order valence-electron chi connectivity index (χ0n) is 14.5. The third-order valence-corrected chi connectivity index (χ3v) is 13.4. The number of likely N-dealkylation sites (N-methyl/N-ethyl adjacent to an activating group) is 2. The van der Waals surface area contributed by atoms with Crippen LogP contribution in [0.5, 0.6) is 0 Å². The molecule has 1 aliphatic rings. The first-order chi connectivity index (χ1) is 11.4. The summed E-state index contributed by atoms with van der Waals surface area (Å²) in [5.74, 6) is 0.0276. The first-order valence-electron chi connectivity index (χ1n) is 8.08. The van der Waals surface area contributed by atoms with Gasteiger partial charge in [-0.25, -0.2) is 0 Å². The second kappa shape index (κ2) is 8.39. The summed E-state index contributed by atoms with van der Waals surface area (Å²) in [4.78, 5) is 28.7. The molecular formula is C17H24N2O3Se2. The Bertz CT molecular complexity index is 578. The number of nitrogens with zero attached hydrogens (tertiary/aromatic N) is 2. The van der Waals surface area contributed by atoms with Crippen LogP contribution in [-0.4, -0.2) is 70.5 Å². The van der Waals surface area contributed by atoms with Crippen molar-refractivity contribution in [2.75, 3.05) is 13.1 Å². The number of ether oxygens (including phenoxy) is 1. The summed E-state index contributed by atoms with van der Waals surface area (Å²) in [5.41, 5.74) is 0.937. The van der Waals surface area contributed by atoms with Crippen molar-refractivity contribution in [1.82, 2.24) is 9.80 Å². The molecule has 5 nitrogen and oxygen atoms in total. The molecule has 1 aromatic rings. The van der Waals surface area contributed by atoms with E-state index in [4.69, 9.17) is 4.74 Å². The van der Waals surface area contributed by atoms with Crippen molar-refractivity contribution >= 4 is 38.3 Å². The van der Waals surface area contributed by atoms with Gasteiger partial charge in [-0.3, -0.25) is 0 Å². The Morgan fingerprint density at radius 1 is 1.17 bits per heavy atom. The average Bonchev–Trinajstić information content (AvgIpc) is 3.33. The van der Waals surface area contributed by atoms with Crippen molar-refractivity contribution in [2.45, 2.75) is 43.7 Å². The van der Waals surface area contributed by atoms with Gasteiger partial charge in [-0.1, -0.05) is 0 Å². The predicted molar refractivity (Wildman–Crippen MR) is 95.8 cm³/mol. The van der Waals surface area contributed by atoms with Crippen LogP contribution in [-0.2, 0) is 16.1 Å². The summed E-state index contributed by atoms with van der Waals surface area (Å²) in [6.45, 7) is 9.19. The van der Waals surface area contributed by atoms with Gasteiger partial charge in [-0.05, 0) is 0 Å². The third-order valence-electron chi connectivity index (χ3n) is 4.00. The van der Waals surface area contributed by atoms with E-state index in [0.29, 0.717) is 39.4 Å². The fraction of sp³-hybridized carbons (Fsp3) is 0.529. The molecule has 0 N–H and O–H groups in total. The normalized spacial score (nSPS) is 16.2. The van der Waals surface area contributed by atoms with E-state index in [2.05, 4.69) is 6.92 Å². The first-order valence-corrected chi connectivity index (χ1v) is 14.1. The van der Waals surface area contributed by atoms with E-state index in [9.17, 15) is 9.59 Å². The van der Waals surface area contributed by atoms with Gasteiger partial charge >= 0.3 is 155 Å². The van der Waals surface area contributed by atoms with Gasteiger partial charge in [0.05, 0.1) is 0 Å². The quantitative estimate of drug-likeness (QED) is 0.582. The molecule has 0 spiro atoms. The van der Waals surface area contributed by atoms with E-state index in [1.165, 1.54) is 4.90 Å². The monoisotopic (exact) mass is 464 g/mol. The van der Waals surface area contributed by atoms with E-state index >= 15 is 0 Å². The van der Waals surface area contributed by atoms with Crippen LogP contribution in [0.4, 0.5) is 4.79 Å². The Hall–Kier alpha value is -1.00. The second-order valence-electron chi connectivity index (χ2n) is 5.65. The SMILES string of the molecule is CCN(C(=O)OCc1ccccc1)C(C)C(=O)N(CC)C1(C)[Se][Se]1. The van der Waals surface area contributed by atoms with Crippen molar-refractivity contribution in [3.05, 3.63) is 35.9 Å². The molecule has 1 aromatic carbocycles. The average molecular weight is 462 g/mol. The van der Waals surface area contributed by atoms with E-state index in [1.807, 2.05) is 49.1 Å². The second-order valence-corrected chi connectivity index (χ2v) is 14.6. The summed E-state index contributed by atoms with van der Waals surface area (Å²) in [7, 11) is 0. The third kappa shape index (κ3) is 4.54. The summed E-state index contributed by atoms with van der Waals surface area (Å²) < 4.78 is 5.48. The Morgan fingerprint density at radius 2 is 1.79 bits per heavy atom. The molecular weight excluding hydrogens is 438 g/mol. The number of amides is 2. The van der Waals surface area contributed by atoms with E-state index in [1.54, 1.807) is 6.92 Å². The number of rotatable bonds is 7. The van der Waals surface area contributed by atoms with Crippen LogP contribution in [0.25, 0.3) is 0 Å². The fourth-order valence-electron chi connectivity index (χ4n) is 2.52. The van der Waals surface area contributed by atoms with Crippen molar-refractivity contribution < 1.29 is 14.3 Å². The van der Waals surface area contributed by atoms with Crippen LogP contribution in [0, 0.1) is 0 Å². The molecule has 1 saturated heterocycles. The molecule has 2 rings (SSSR count). The maximum atomic E-state index is 12.8. The molecule has 24 heavy (non-hydrogen) atoms. The molecule has 1 aliphatic heterocycles. The molecule has 0 aliphatic carbocycles. The van der Waals surface area contributed by atoms with Gasteiger partial charge in [-0.15, -0.1) is 0 Å². The Labute approximate surface area is 155 Å². The van der Waals surface area contributed by atoms with Gasteiger partial charge in [0.2, 0.25) is 0 Å². The Kier molecular flexibility index (Phi) is 6.76. The van der Waals surface area contributed by atoms with Crippen molar-refractivity contribution in [2.24, 2.45) is 0 Å².